The summed E-state index contributed by atoms with van der Waals surface area (Å²) in [6.07, 6.45) is 4.11. The molecule has 0 aromatic heterocycles. The van der Waals surface area contributed by atoms with Crippen LogP contribution in [0.15, 0.2) is 18.2 Å². The van der Waals surface area contributed by atoms with Crippen molar-refractivity contribution in [3.63, 3.8) is 0 Å². The summed E-state index contributed by atoms with van der Waals surface area (Å²) >= 11 is 2.23. The van der Waals surface area contributed by atoms with E-state index in [1.54, 1.807) is 7.11 Å². The Morgan fingerprint density at radius 3 is 2.67 bits per heavy atom. The number of benzene rings is 1. The minimum Gasteiger partial charge on any atom is -0.496 e. The predicted molar refractivity (Wildman–Crippen MR) is 83.3 cm³/mol. The number of methoxy groups -OCH3 is 1. The van der Waals surface area contributed by atoms with Gasteiger partial charge in [-0.1, -0.05) is 26.7 Å². The summed E-state index contributed by atoms with van der Waals surface area (Å²) in [6.45, 7) is 4.24. The van der Waals surface area contributed by atoms with Crippen LogP contribution in [0, 0.1) is 9.49 Å². The molecule has 1 rings (SSSR count). The minimum atomic E-state index is 0.122. The molecule has 18 heavy (non-hydrogen) atoms. The summed E-state index contributed by atoms with van der Waals surface area (Å²) < 4.78 is 6.37. The summed E-state index contributed by atoms with van der Waals surface area (Å²) in [5, 5.41) is 0. The molecule has 0 N–H and O–H groups in total. The van der Waals surface area contributed by atoms with Gasteiger partial charge < -0.3 is 4.74 Å². The lowest BCUT2D eigenvalue weighted by Gasteiger charge is -2.15. The van der Waals surface area contributed by atoms with Crippen molar-refractivity contribution in [1.29, 1.82) is 0 Å². The van der Waals surface area contributed by atoms with Crippen molar-refractivity contribution in [2.75, 3.05) is 7.11 Å². The highest BCUT2D eigenvalue weighted by atomic mass is 127. The number of hydrogen-bond acceptors (Lipinski definition) is 2. The first-order chi connectivity index (χ1) is 8.63. The Morgan fingerprint density at radius 1 is 1.39 bits per heavy atom. The first-order valence-corrected chi connectivity index (χ1v) is 7.59. The average Bonchev–Trinajstić information content (AvgIpc) is 2.39. The molecule has 0 aliphatic rings. The van der Waals surface area contributed by atoms with Crippen molar-refractivity contribution in [2.45, 2.75) is 39.5 Å². The van der Waals surface area contributed by atoms with E-state index in [0.717, 1.165) is 34.8 Å². The van der Waals surface area contributed by atoms with Crippen LogP contribution in [0.3, 0.4) is 0 Å². The molecule has 0 bridgehead atoms. The monoisotopic (exact) mass is 360 g/mol. The van der Waals surface area contributed by atoms with E-state index in [4.69, 9.17) is 4.74 Å². The third-order valence-corrected chi connectivity index (χ3v) is 3.87. The van der Waals surface area contributed by atoms with Gasteiger partial charge in [0.05, 0.1) is 12.7 Å². The van der Waals surface area contributed by atoms with Gasteiger partial charge in [-0.25, -0.2) is 0 Å². The Morgan fingerprint density at radius 2 is 2.11 bits per heavy atom. The van der Waals surface area contributed by atoms with Crippen molar-refractivity contribution in [1.82, 2.24) is 0 Å². The molecule has 0 spiro atoms. The fraction of sp³-hybridized carbons (Fsp3) is 0.533. The molecule has 0 aliphatic carbocycles. The smallest absolute Gasteiger partial charge is 0.169 e. The zero-order valence-corrected chi connectivity index (χ0v) is 13.5. The van der Waals surface area contributed by atoms with Gasteiger partial charge in [-0.15, -0.1) is 0 Å². The van der Waals surface area contributed by atoms with Crippen molar-refractivity contribution < 1.29 is 9.53 Å². The van der Waals surface area contributed by atoms with E-state index in [0.29, 0.717) is 5.75 Å². The molecule has 0 aliphatic heterocycles. The molecule has 100 valence electrons. The number of rotatable bonds is 7. The zero-order chi connectivity index (χ0) is 13.5. The lowest BCUT2D eigenvalue weighted by atomic mass is 9.90. The van der Waals surface area contributed by atoms with Crippen LogP contribution in [0.2, 0.25) is 0 Å². The largest absolute Gasteiger partial charge is 0.496 e. The number of Topliss-reactive ketones (excluding diaryl/α,β-unsaturated/α-hetero) is 1. The highest BCUT2D eigenvalue weighted by molar-refractivity contribution is 14.1. The highest BCUT2D eigenvalue weighted by Gasteiger charge is 2.21. The number of ether oxygens (including phenoxy) is 1. The van der Waals surface area contributed by atoms with E-state index >= 15 is 0 Å². The molecule has 0 radical (unpaired) electrons. The highest BCUT2D eigenvalue weighted by Crippen LogP contribution is 2.27. The van der Waals surface area contributed by atoms with Crippen molar-refractivity contribution >= 4 is 28.4 Å². The van der Waals surface area contributed by atoms with Crippen molar-refractivity contribution in [3.05, 3.63) is 27.3 Å². The first kappa shape index (κ1) is 15.5. The second-order valence-corrected chi connectivity index (χ2v) is 5.70. The van der Waals surface area contributed by atoms with E-state index < -0.39 is 0 Å². The third kappa shape index (κ3) is 3.97. The van der Waals surface area contributed by atoms with Gasteiger partial charge in [0.15, 0.2) is 5.78 Å². The van der Waals surface area contributed by atoms with Crippen LogP contribution in [-0.4, -0.2) is 12.9 Å². The topological polar surface area (TPSA) is 26.3 Å². The van der Waals surface area contributed by atoms with Gasteiger partial charge in [-0.05, 0) is 53.6 Å². The molecule has 3 heteroatoms. The van der Waals surface area contributed by atoms with E-state index in [1.165, 1.54) is 0 Å². The summed E-state index contributed by atoms with van der Waals surface area (Å²) in [4.78, 5) is 12.5. The Bertz CT molecular complexity index is 401. The first-order valence-electron chi connectivity index (χ1n) is 6.51. The Labute approximate surface area is 123 Å². The molecule has 1 atom stereocenters. The number of carbonyl (C=O) groups is 1. The van der Waals surface area contributed by atoms with Crippen LogP contribution in [0.4, 0.5) is 0 Å². The fourth-order valence-corrected chi connectivity index (χ4v) is 2.56. The summed E-state index contributed by atoms with van der Waals surface area (Å²) in [6, 6.07) is 5.76. The normalized spacial score (nSPS) is 12.2. The van der Waals surface area contributed by atoms with Gasteiger partial charge in [-0.2, -0.15) is 0 Å². The molecule has 1 aromatic carbocycles. The quantitative estimate of drug-likeness (QED) is 0.521. The number of halogens is 1. The number of unbranched alkanes of at least 4 members (excludes halogenated alkanes) is 1. The van der Waals surface area contributed by atoms with Gasteiger partial charge >= 0.3 is 0 Å². The van der Waals surface area contributed by atoms with E-state index in [-0.39, 0.29) is 11.7 Å². The molecular formula is C15H21IO2. The van der Waals surface area contributed by atoms with Crippen LogP contribution in [0.1, 0.15) is 49.9 Å². The maximum Gasteiger partial charge on any atom is 0.169 e. The molecule has 1 aromatic rings. The average molecular weight is 360 g/mol. The fourth-order valence-electron chi connectivity index (χ4n) is 2.06. The maximum absolute atomic E-state index is 12.5. The lowest BCUT2D eigenvalue weighted by molar-refractivity contribution is 0.0905. The second-order valence-electron chi connectivity index (χ2n) is 4.46. The molecule has 0 amide bonds. The van der Waals surface area contributed by atoms with E-state index in [9.17, 15) is 4.79 Å². The van der Waals surface area contributed by atoms with Crippen LogP contribution in [-0.2, 0) is 0 Å². The molecule has 2 nitrogen and oxygen atoms in total. The van der Waals surface area contributed by atoms with Crippen molar-refractivity contribution in [3.8, 4) is 5.75 Å². The van der Waals surface area contributed by atoms with Crippen LogP contribution < -0.4 is 4.74 Å². The predicted octanol–water partition coefficient (Wildman–Crippen LogP) is 4.70. The van der Waals surface area contributed by atoms with Gasteiger partial charge in [0.1, 0.15) is 5.75 Å². The molecule has 0 heterocycles. The van der Waals surface area contributed by atoms with Gasteiger partial charge in [-0.3, -0.25) is 4.79 Å². The Hall–Kier alpha value is -0.580. The van der Waals surface area contributed by atoms with Gasteiger partial charge in [0.25, 0.3) is 0 Å². The third-order valence-electron chi connectivity index (χ3n) is 3.20. The Balaban J connectivity index is 2.96. The molecule has 1 unspecified atom stereocenters. The SMILES string of the molecule is CCCCC(CC)C(=O)c1cc(I)ccc1OC. The van der Waals surface area contributed by atoms with Crippen molar-refractivity contribution in [2.24, 2.45) is 5.92 Å². The number of ketones is 1. The second kappa shape index (κ2) is 7.77. The van der Waals surface area contributed by atoms with Crippen LogP contribution in [0.25, 0.3) is 0 Å². The van der Waals surface area contributed by atoms with E-state index in [1.807, 2.05) is 18.2 Å². The maximum atomic E-state index is 12.5. The van der Waals surface area contributed by atoms with Gasteiger partial charge in [0, 0.05) is 9.49 Å². The summed E-state index contributed by atoms with van der Waals surface area (Å²) in [5.74, 6) is 1.04. The standard InChI is InChI=1S/C15H21IO2/c1-4-6-7-11(5-2)15(17)13-10-12(16)8-9-14(13)18-3/h8-11H,4-7H2,1-3H3. The van der Waals surface area contributed by atoms with E-state index in [2.05, 4.69) is 36.4 Å². The molecule has 0 saturated heterocycles. The lowest BCUT2D eigenvalue weighted by Crippen LogP contribution is -2.15. The molecule has 0 saturated carbocycles. The minimum absolute atomic E-state index is 0.122. The summed E-state index contributed by atoms with van der Waals surface area (Å²) in [7, 11) is 1.62. The molecule has 0 fully saturated rings. The zero-order valence-electron chi connectivity index (χ0n) is 11.3. The van der Waals surface area contributed by atoms with Crippen LogP contribution in [0.5, 0.6) is 5.75 Å². The Kier molecular flexibility index (Phi) is 6.68. The number of carbonyl (C=O) groups excluding carboxylic acids is 1. The van der Waals surface area contributed by atoms with Crippen LogP contribution >= 0.6 is 22.6 Å². The van der Waals surface area contributed by atoms with Gasteiger partial charge in [0.2, 0.25) is 0 Å². The number of hydrogen-bond donors (Lipinski definition) is 0. The molecular weight excluding hydrogens is 339 g/mol. The summed E-state index contributed by atoms with van der Waals surface area (Å²) in [5.41, 5.74) is 0.729.